The molecule has 24 heavy (non-hydrogen) atoms. The van der Waals surface area contributed by atoms with Crippen molar-refractivity contribution in [2.45, 2.75) is 12.5 Å². The molecule has 120 valence electrons. The zero-order valence-electron chi connectivity index (χ0n) is 13.4. The second-order valence-corrected chi connectivity index (χ2v) is 5.55. The lowest BCUT2D eigenvalue weighted by Crippen LogP contribution is -2.30. The summed E-state index contributed by atoms with van der Waals surface area (Å²) in [6, 6.07) is 6.02. The Balaban J connectivity index is 2.23. The average Bonchev–Trinajstić information content (AvgIpc) is 2.61. The van der Waals surface area contributed by atoms with Gasteiger partial charge in [0.25, 0.3) is 0 Å². The molecule has 1 aromatic heterocycles. The van der Waals surface area contributed by atoms with Crippen LogP contribution in [0.15, 0.2) is 66.3 Å². The third-order valence-electron chi connectivity index (χ3n) is 4.09. The Hall–Kier alpha value is -2.97. The summed E-state index contributed by atoms with van der Waals surface area (Å²) in [7, 11) is 1.51. The van der Waals surface area contributed by atoms with Crippen LogP contribution in [0.5, 0.6) is 0 Å². The fourth-order valence-corrected chi connectivity index (χ4v) is 3.02. The SMILES string of the molecule is C=CCN1C=C2CC(=O)C(OC)C=C2C(c2cccnc2)=C1C#N. The molecule has 5 nitrogen and oxygen atoms in total. The number of pyridine rings is 1. The van der Waals surface area contributed by atoms with Gasteiger partial charge in [0.15, 0.2) is 5.78 Å². The Kier molecular flexibility index (Phi) is 4.41. The van der Waals surface area contributed by atoms with Gasteiger partial charge in [0.2, 0.25) is 0 Å². The number of carbonyl (C=O) groups excluding carboxylic acids is 1. The first-order chi connectivity index (χ1) is 11.7. The van der Waals surface area contributed by atoms with Gasteiger partial charge in [-0.2, -0.15) is 5.26 Å². The van der Waals surface area contributed by atoms with Gasteiger partial charge in [-0.1, -0.05) is 12.1 Å². The number of hydrogen-bond donors (Lipinski definition) is 0. The molecule has 1 aromatic rings. The van der Waals surface area contributed by atoms with Crippen molar-refractivity contribution in [1.29, 1.82) is 5.26 Å². The highest BCUT2D eigenvalue weighted by Gasteiger charge is 2.33. The summed E-state index contributed by atoms with van der Waals surface area (Å²) in [6.07, 6.45) is 8.48. The summed E-state index contributed by atoms with van der Waals surface area (Å²) in [5.74, 6) is 0.0111. The van der Waals surface area contributed by atoms with E-state index in [4.69, 9.17) is 4.74 Å². The monoisotopic (exact) mass is 319 g/mol. The van der Waals surface area contributed by atoms with Crippen LogP contribution in [-0.4, -0.2) is 35.4 Å². The number of ketones is 1. The van der Waals surface area contributed by atoms with E-state index in [0.717, 1.165) is 22.3 Å². The first kappa shape index (κ1) is 15.9. The molecular formula is C19H17N3O2. The van der Waals surface area contributed by atoms with Gasteiger partial charge in [-0.3, -0.25) is 9.78 Å². The molecule has 0 saturated heterocycles. The van der Waals surface area contributed by atoms with Crippen molar-refractivity contribution in [3.63, 3.8) is 0 Å². The third-order valence-corrected chi connectivity index (χ3v) is 4.09. The molecule has 0 fully saturated rings. The van der Waals surface area contributed by atoms with E-state index < -0.39 is 6.10 Å². The Bertz CT molecular complexity index is 813. The highest BCUT2D eigenvalue weighted by molar-refractivity contribution is 5.97. The zero-order chi connectivity index (χ0) is 17.1. The second-order valence-electron chi connectivity index (χ2n) is 5.55. The molecule has 0 spiro atoms. The average molecular weight is 319 g/mol. The van der Waals surface area contributed by atoms with Crippen molar-refractivity contribution in [3.8, 4) is 6.07 Å². The van der Waals surface area contributed by atoms with Crippen molar-refractivity contribution in [3.05, 3.63) is 71.9 Å². The van der Waals surface area contributed by atoms with Crippen LogP contribution in [0, 0.1) is 11.3 Å². The van der Waals surface area contributed by atoms with E-state index in [1.807, 2.05) is 23.2 Å². The lowest BCUT2D eigenvalue weighted by Gasteiger charge is -2.32. The molecule has 1 atom stereocenters. The van der Waals surface area contributed by atoms with Gasteiger partial charge >= 0.3 is 0 Å². The predicted octanol–water partition coefficient (Wildman–Crippen LogP) is 2.62. The molecule has 0 amide bonds. The number of nitriles is 1. The summed E-state index contributed by atoms with van der Waals surface area (Å²) in [5.41, 5.74) is 3.88. The summed E-state index contributed by atoms with van der Waals surface area (Å²) in [5, 5.41) is 9.73. The molecule has 0 N–H and O–H groups in total. The van der Waals surface area contributed by atoms with Crippen molar-refractivity contribution in [2.24, 2.45) is 0 Å². The van der Waals surface area contributed by atoms with Gasteiger partial charge in [0, 0.05) is 49.8 Å². The smallest absolute Gasteiger partial charge is 0.169 e. The Morgan fingerprint density at radius 3 is 3.04 bits per heavy atom. The maximum absolute atomic E-state index is 12.2. The predicted molar refractivity (Wildman–Crippen MR) is 90.3 cm³/mol. The van der Waals surface area contributed by atoms with Crippen LogP contribution in [-0.2, 0) is 9.53 Å². The Labute approximate surface area is 140 Å². The highest BCUT2D eigenvalue weighted by Crippen LogP contribution is 2.40. The lowest BCUT2D eigenvalue weighted by atomic mass is 9.81. The molecule has 3 rings (SSSR count). The summed E-state index contributed by atoms with van der Waals surface area (Å²) >= 11 is 0. The van der Waals surface area contributed by atoms with Crippen molar-refractivity contribution >= 4 is 11.4 Å². The lowest BCUT2D eigenvalue weighted by molar-refractivity contribution is -0.125. The van der Waals surface area contributed by atoms with E-state index in [1.165, 1.54) is 7.11 Å². The minimum absolute atomic E-state index is 0.0111. The first-order valence-electron chi connectivity index (χ1n) is 7.60. The number of aromatic nitrogens is 1. The normalized spacial score (nSPS) is 20.1. The molecule has 0 saturated carbocycles. The van der Waals surface area contributed by atoms with E-state index in [-0.39, 0.29) is 12.2 Å². The van der Waals surface area contributed by atoms with Crippen molar-refractivity contribution in [1.82, 2.24) is 9.88 Å². The molecular weight excluding hydrogens is 302 g/mol. The zero-order valence-corrected chi connectivity index (χ0v) is 13.4. The molecule has 1 unspecified atom stereocenters. The maximum atomic E-state index is 12.2. The standard InChI is InChI=1S/C19H17N3O2/c1-3-7-22-12-14-8-17(23)18(24-2)9-15(14)19(16(22)10-20)13-5-4-6-21-11-13/h3-6,9,11-12,18H,1,7-8H2,2H3. The van der Waals surface area contributed by atoms with Gasteiger partial charge in [-0.15, -0.1) is 6.58 Å². The number of methoxy groups -OCH3 is 1. The van der Waals surface area contributed by atoms with Crippen LogP contribution >= 0.6 is 0 Å². The third kappa shape index (κ3) is 2.68. The number of hydrogen-bond acceptors (Lipinski definition) is 5. The number of rotatable bonds is 4. The van der Waals surface area contributed by atoms with Crippen LogP contribution in [0.25, 0.3) is 5.57 Å². The molecule has 0 radical (unpaired) electrons. The minimum atomic E-state index is -0.588. The summed E-state index contributed by atoms with van der Waals surface area (Å²) < 4.78 is 5.28. The van der Waals surface area contributed by atoms with Gasteiger partial charge in [0.1, 0.15) is 17.9 Å². The van der Waals surface area contributed by atoms with E-state index in [2.05, 4.69) is 17.6 Å². The molecule has 0 bridgehead atoms. The number of allylic oxidation sites excluding steroid dienone is 4. The van der Waals surface area contributed by atoms with Crippen molar-refractivity contribution in [2.75, 3.05) is 13.7 Å². The van der Waals surface area contributed by atoms with E-state index in [1.54, 1.807) is 24.5 Å². The molecule has 0 aromatic carbocycles. The number of nitrogens with zero attached hydrogens (tertiary/aromatic N) is 3. The van der Waals surface area contributed by atoms with Gasteiger partial charge in [-0.25, -0.2) is 0 Å². The summed E-state index contributed by atoms with van der Waals surface area (Å²) in [6.45, 7) is 4.24. The number of ether oxygens (including phenoxy) is 1. The van der Waals surface area contributed by atoms with Crippen LogP contribution in [0.3, 0.4) is 0 Å². The maximum Gasteiger partial charge on any atom is 0.169 e. The number of fused-ring (bicyclic) bond motifs is 1. The van der Waals surface area contributed by atoms with E-state index in [0.29, 0.717) is 12.2 Å². The first-order valence-corrected chi connectivity index (χ1v) is 7.60. The van der Waals surface area contributed by atoms with Gasteiger partial charge < -0.3 is 9.64 Å². The molecule has 2 aliphatic rings. The minimum Gasteiger partial charge on any atom is -0.370 e. The molecule has 1 aliphatic heterocycles. The van der Waals surface area contributed by atoms with E-state index in [9.17, 15) is 10.1 Å². The number of carbonyl (C=O) groups is 1. The molecule has 5 heteroatoms. The van der Waals surface area contributed by atoms with Crippen LogP contribution < -0.4 is 0 Å². The summed E-state index contributed by atoms with van der Waals surface area (Å²) in [4.78, 5) is 18.2. The van der Waals surface area contributed by atoms with Crippen molar-refractivity contribution < 1.29 is 9.53 Å². The van der Waals surface area contributed by atoms with Crippen LogP contribution in [0.2, 0.25) is 0 Å². The number of Topliss-reactive ketones (excluding diaryl/α,β-unsaturated/α-hetero) is 1. The molecule has 2 heterocycles. The van der Waals surface area contributed by atoms with Gasteiger partial charge in [0.05, 0.1) is 0 Å². The largest absolute Gasteiger partial charge is 0.370 e. The second kappa shape index (κ2) is 6.65. The topological polar surface area (TPSA) is 66.2 Å². The molecule has 1 aliphatic carbocycles. The highest BCUT2D eigenvalue weighted by atomic mass is 16.5. The van der Waals surface area contributed by atoms with Crippen LogP contribution in [0.4, 0.5) is 0 Å². The van der Waals surface area contributed by atoms with Gasteiger partial charge in [-0.05, 0) is 23.3 Å². The Morgan fingerprint density at radius 1 is 1.58 bits per heavy atom. The quantitative estimate of drug-likeness (QED) is 0.798. The Morgan fingerprint density at radius 2 is 2.42 bits per heavy atom. The van der Waals surface area contributed by atoms with Crippen LogP contribution in [0.1, 0.15) is 12.0 Å². The van der Waals surface area contributed by atoms with E-state index >= 15 is 0 Å². The fraction of sp³-hybridized carbons (Fsp3) is 0.211. The fourth-order valence-electron chi connectivity index (χ4n) is 3.02.